The quantitative estimate of drug-likeness (QED) is 0.497. The zero-order chi connectivity index (χ0) is 16.2. The van der Waals surface area contributed by atoms with Crippen molar-refractivity contribution < 1.29 is 9.18 Å². The van der Waals surface area contributed by atoms with Crippen LogP contribution in [0.25, 0.3) is 10.7 Å². The topological polar surface area (TPSA) is 47.8 Å². The number of rotatable bonds is 6. The molecule has 7 heteroatoms. The maximum absolute atomic E-state index is 12.9. The highest BCUT2D eigenvalue weighted by atomic mass is 32.2. The highest BCUT2D eigenvalue weighted by Gasteiger charge is 2.15. The lowest BCUT2D eigenvalue weighted by molar-refractivity contribution is 0.102. The number of halogens is 1. The third kappa shape index (κ3) is 3.51. The van der Waals surface area contributed by atoms with Crippen LogP contribution in [0.2, 0.25) is 0 Å². The van der Waals surface area contributed by atoms with Gasteiger partial charge in [-0.2, -0.15) is 0 Å². The Morgan fingerprint density at radius 1 is 1.26 bits per heavy atom. The molecule has 0 spiro atoms. The summed E-state index contributed by atoms with van der Waals surface area (Å²) in [6.45, 7) is 2.75. The number of hydrogen-bond acceptors (Lipinski definition) is 5. The van der Waals surface area contributed by atoms with Crippen LogP contribution in [0.4, 0.5) is 4.39 Å². The number of benzene rings is 1. The van der Waals surface area contributed by atoms with E-state index in [9.17, 15) is 9.18 Å². The van der Waals surface area contributed by atoms with Gasteiger partial charge in [-0.25, -0.2) is 4.39 Å². The Kier molecular flexibility index (Phi) is 4.88. The van der Waals surface area contributed by atoms with E-state index < -0.39 is 0 Å². The second-order valence-corrected chi connectivity index (χ2v) is 6.64. The summed E-state index contributed by atoms with van der Waals surface area (Å²) in [4.78, 5) is 13.2. The molecular weight excluding hydrogens is 333 g/mol. The predicted octanol–water partition coefficient (Wildman–Crippen LogP) is 4.14. The lowest BCUT2D eigenvalue weighted by Crippen LogP contribution is -2.05. The van der Waals surface area contributed by atoms with Crippen LogP contribution in [-0.4, -0.2) is 26.3 Å². The second-order valence-electron chi connectivity index (χ2n) is 4.75. The molecule has 0 atom stereocenters. The molecule has 0 aliphatic heterocycles. The molecule has 3 rings (SSSR count). The van der Waals surface area contributed by atoms with Gasteiger partial charge in [0.15, 0.2) is 16.8 Å². The van der Waals surface area contributed by atoms with Crippen LogP contribution in [0.3, 0.4) is 0 Å². The van der Waals surface area contributed by atoms with Gasteiger partial charge in [-0.05, 0) is 42.6 Å². The summed E-state index contributed by atoms with van der Waals surface area (Å²) in [6.07, 6.45) is 0. The third-order valence-electron chi connectivity index (χ3n) is 3.27. The summed E-state index contributed by atoms with van der Waals surface area (Å²) >= 11 is 2.95. The monoisotopic (exact) mass is 347 g/mol. The fourth-order valence-electron chi connectivity index (χ4n) is 2.12. The van der Waals surface area contributed by atoms with E-state index in [2.05, 4.69) is 10.2 Å². The molecule has 0 aliphatic rings. The van der Waals surface area contributed by atoms with Crippen LogP contribution in [-0.2, 0) is 6.54 Å². The van der Waals surface area contributed by atoms with E-state index in [-0.39, 0.29) is 17.4 Å². The van der Waals surface area contributed by atoms with E-state index in [0.29, 0.717) is 10.7 Å². The lowest BCUT2D eigenvalue weighted by Gasteiger charge is -2.06. The third-order valence-corrected chi connectivity index (χ3v) is 5.11. The Labute approximate surface area is 141 Å². The number of hydrogen-bond donors (Lipinski definition) is 0. The average molecular weight is 347 g/mol. The number of thiophene rings is 1. The molecule has 0 amide bonds. The van der Waals surface area contributed by atoms with Gasteiger partial charge in [-0.3, -0.25) is 4.79 Å². The van der Waals surface area contributed by atoms with Gasteiger partial charge < -0.3 is 4.57 Å². The normalized spacial score (nSPS) is 10.9. The van der Waals surface area contributed by atoms with Crippen LogP contribution in [0.15, 0.2) is 46.9 Å². The molecule has 4 nitrogen and oxygen atoms in total. The largest absolute Gasteiger partial charge is 0.302 e. The van der Waals surface area contributed by atoms with Gasteiger partial charge in [-0.1, -0.05) is 17.8 Å². The van der Waals surface area contributed by atoms with E-state index >= 15 is 0 Å². The number of thioether (sulfide) groups is 1. The summed E-state index contributed by atoms with van der Waals surface area (Å²) < 4.78 is 14.9. The van der Waals surface area contributed by atoms with Crippen molar-refractivity contribution >= 4 is 28.9 Å². The first-order valence-electron chi connectivity index (χ1n) is 7.07. The molecule has 0 N–H and O–H groups in total. The van der Waals surface area contributed by atoms with Gasteiger partial charge in [0.05, 0.1) is 10.6 Å². The Morgan fingerprint density at radius 3 is 2.70 bits per heavy atom. The summed E-state index contributed by atoms with van der Waals surface area (Å²) in [5.41, 5.74) is 0.500. The van der Waals surface area contributed by atoms with E-state index in [4.69, 9.17) is 0 Å². The van der Waals surface area contributed by atoms with Gasteiger partial charge in [0, 0.05) is 12.1 Å². The van der Waals surface area contributed by atoms with Crippen molar-refractivity contribution in [2.24, 2.45) is 0 Å². The van der Waals surface area contributed by atoms with Crippen molar-refractivity contribution in [2.45, 2.75) is 18.6 Å². The van der Waals surface area contributed by atoms with E-state index in [1.54, 1.807) is 11.3 Å². The first-order valence-corrected chi connectivity index (χ1v) is 8.94. The van der Waals surface area contributed by atoms with Gasteiger partial charge in [0.25, 0.3) is 0 Å². The van der Waals surface area contributed by atoms with Crippen molar-refractivity contribution in [3.63, 3.8) is 0 Å². The molecular formula is C16H14FN3OS2. The van der Waals surface area contributed by atoms with Crippen LogP contribution < -0.4 is 0 Å². The van der Waals surface area contributed by atoms with Crippen LogP contribution >= 0.6 is 23.1 Å². The predicted molar refractivity (Wildman–Crippen MR) is 90.5 cm³/mol. The molecule has 23 heavy (non-hydrogen) atoms. The first-order chi connectivity index (χ1) is 11.2. The second kappa shape index (κ2) is 7.06. The molecule has 3 aromatic rings. The number of carbonyl (C=O) groups is 1. The van der Waals surface area contributed by atoms with Gasteiger partial charge >= 0.3 is 0 Å². The Hall–Kier alpha value is -1.99. The highest BCUT2D eigenvalue weighted by molar-refractivity contribution is 7.99. The van der Waals surface area contributed by atoms with E-state index in [1.807, 2.05) is 29.0 Å². The zero-order valence-corrected chi connectivity index (χ0v) is 14.0. The molecule has 2 aromatic heterocycles. The summed E-state index contributed by atoms with van der Waals surface area (Å²) in [5, 5.41) is 11.1. The summed E-state index contributed by atoms with van der Waals surface area (Å²) in [5.74, 6) is 0.659. The minimum absolute atomic E-state index is 0.0571. The van der Waals surface area contributed by atoms with Gasteiger partial charge in [-0.15, -0.1) is 21.5 Å². The Balaban J connectivity index is 1.73. The minimum atomic E-state index is -0.347. The molecule has 1 aromatic carbocycles. The lowest BCUT2D eigenvalue weighted by atomic mass is 10.1. The van der Waals surface area contributed by atoms with Crippen molar-refractivity contribution in [3.8, 4) is 10.7 Å². The SMILES string of the molecule is CCn1c(SCC(=O)c2ccc(F)cc2)nnc1-c1cccs1. The molecule has 0 bridgehead atoms. The fourth-order valence-corrected chi connectivity index (χ4v) is 3.73. The van der Waals surface area contributed by atoms with Crippen LogP contribution in [0, 0.1) is 5.82 Å². The molecule has 2 heterocycles. The van der Waals surface area contributed by atoms with Crippen LogP contribution in [0.5, 0.6) is 0 Å². The standard InChI is InChI=1S/C16H14FN3OS2/c1-2-20-15(14-4-3-9-22-14)18-19-16(20)23-10-13(21)11-5-7-12(17)8-6-11/h3-9H,2,10H2,1H3. The average Bonchev–Trinajstić information content (AvgIpc) is 3.22. The summed E-state index contributed by atoms with van der Waals surface area (Å²) in [6, 6.07) is 9.56. The molecule has 0 aliphatic carbocycles. The van der Waals surface area contributed by atoms with E-state index in [1.165, 1.54) is 36.0 Å². The number of nitrogens with zero attached hydrogens (tertiary/aromatic N) is 3. The smallest absolute Gasteiger partial charge is 0.191 e. The zero-order valence-electron chi connectivity index (χ0n) is 12.4. The van der Waals surface area contributed by atoms with Crippen molar-refractivity contribution in [1.82, 2.24) is 14.8 Å². The van der Waals surface area contributed by atoms with Crippen molar-refractivity contribution in [1.29, 1.82) is 0 Å². The van der Waals surface area contributed by atoms with E-state index in [0.717, 1.165) is 17.2 Å². The fraction of sp³-hybridized carbons (Fsp3) is 0.188. The number of carbonyl (C=O) groups excluding carboxylic acids is 1. The molecule has 0 fully saturated rings. The van der Waals surface area contributed by atoms with Crippen molar-refractivity contribution in [3.05, 3.63) is 53.2 Å². The molecule has 0 saturated carbocycles. The van der Waals surface area contributed by atoms with Gasteiger partial charge in [0.2, 0.25) is 0 Å². The number of ketones is 1. The van der Waals surface area contributed by atoms with Crippen LogP contribution in [0.1, 0.15) is 17.3 Å². The number of Topliss-reactive ketones (excluding diaryl/α,β-unsaturated/α-hetero) is 1. The Morgan fingerprint density at radius 2 is 2.04 bits per heavy atom. The van der Waals surface area contributed by atoms with Crippen molar-refractivity contribution in [2.75, 3.05) is 5.75 Å². The molecule has 0 radical (unpaired) electrons. The minimum Gasteiger partial charge on any atom is -0.302 e. The summed E-state index contributed by atoms with van der Waals surface area (Å²) in [7, 11) is 0. The number of aromatic nitrogens is 3. The first kappa shape index (κ1) is 15.9. The maximum Gasteiger partial charge on any atom is 0.191 e. The Bertz CT molecular complexity index is 797. The molecule has 0 saturated heterocycles. The highest BCUT2D eigenvalue weighted by Crippen LogP contribution is 2.27. The molecule has 118 valence electrons. The molecule has 0 unspecified atom stereocenters. The van der Waals surface area contributed by atoms with Gasteiger partial charge in [0.1, 0.15) is 5.82 Å². The maximum atomic E-state index is 12.9.